The number of aromatic nitrogens is 4. The number of amides is 3. The third kappa shape index (κ3) is 5.39. The summed E-state index contributed by atoms with van der Waals surface area (Å²) in [5, 5.41) is 20.1. The van der Waals surface area contributed by atoms with Gasteiger partial charge >= 0.3 is 16.3 Å². The number of aliphatic carboxylic acids is 1. The highest BCUT2D eigenvalue weighted by atomic mass is 32.2. The van der Waals surface area contributed by atoms with Crippen molar-refractivity contribution in [2.75, 3.05) is 5.73 Å². The zero-order valence-electron chi connectivity index (χ0n) is 18.4. The van der Waals surface area contributed by atoms with Gasteiger partial charge in [-0.05, 0) is 13.8 Å². The number of nitrogens with two attached hydrogens (primary N) is 2. The van der Waals surface area contributed by atoms with Gasteiger partial charge in [0.1, 0.15) is 18.1 Å². The number of hydrogen-bond donors (Lipinski definition) is 5. The van der Waals surface area contributed by atoms with Crippen LogP contribution >= 0.6 is 11.3 Å². The van der Waals surface area contributed by atoms with Crippen LogP contribution in [0, 0.1) is 0 Å². The van der Waals surface area contributed by atoms with Gasteiger partial charge < -0.3 is 26.7 Å². The smallest absolute Gasteiger partial charge is 0.362 e. The number of nitrogens with zero attached hydrogens (tertiary/aromatic N) is 6. The van der Waals surface area contributed by atoms with Gasteiger partial charge in [0.2, 0.25) is 11.4 Å². The SMILES string of the molecule is CC(C)(O/N=C(\C(=O)NC1C(=O)N(S(=O)(=O)O)[C@H]1Cn1cnc(C(N)=O)n1)c1csc(N)n1)C(=O)O. The summed E-state index contributed by atoms with van der Waals surface area (Å²) in [6, 6.07) is -2.94. The molecule has 20 heteroatoms. The molecule has 1 saturated heterocycles. The molecule has 2 aromatic rings. The number of rotatable bonds is 10. The number of hydrogen-bond acceptors (Lipinski definition) is 13. The molecule has 7 N–H and O–H groups in total. The highest BCUT2D eigenvalue weighted by Crippen LogP contribution is 2.25. The number of carboxylic acid groups (broad SMARTS) is 1. The lowest BCUT2D eigenvalue weighted by Crippen LogP contribution is -2.73. The van der Waals surface area contributed by atoms with Gasteiger partial charge in [-0.15, -0.1) is 16.4 Å². The number of carbonyl (C=O) groups is 4. The fourth-order valence-corrected chi connectivity index (χ4v) is 4.26. The van der Waals surface area contributed by atoms with Crippen LogP contribution in [0.3, 0.4) is 0 Å². The Morgan fingerprint density at radius 3 is 2.53 bits per heavy atom. The third-order valence-electron chi connectivity index (χ3n) is 4.70. The molecular formula is C16H19N9O9S2. The molecule has 3 rings (SSSR count). The molecule has 36 heavy (non-hydrogen) atoms. The van der Waals surface area contributed by atoms with Crippen LogP contribution in [0.4, 0.5) is 5.13 Å². The van der Waals surface area contributed by atoms with Crippen LogP contribution in [-0.4, -0.2) is 89.2 Å². The van der Waals surface area contributed by atoms with E-state index in [1.54, 1.807) is 0 Å². The highest BCUT2D eigenvalue weighted by molar-refractivity contribution is 7.84. The minimum absolute atomic E-state index is 0.0366. The van der Waals surface area contributed by atoms with Crippen LogP contribution in [0.5, 0.6) is 0 Å². The zero-order valence-corrected chi connectivity index (χ0v) is 20.1. The number of anilines is 1. The van der Waals surface area contributed by atoms with E-state index in [0.29, 0.717) is 0 Å². The second kappa shape index (κ2) is 9.47. The van der Waals surface area contributed by atoms with Gasteiger partial charge in [-0.3, -0.25) is 18.9 Å². The van der Waals surface area contributed by atoms with Gasteiger partial charge in [0.15, 0.2) is 10.8 Å². The minimum atomic E-state index is -5.04. The van der Waals surface area contributed by atoms with Gasteiger partial charge in [-0.2, -0.15) is 8.42 Å². The topological polar surface area (TPSA) is 275 Å². The second-order valence-corrected chi connectivity index (χ2v) is 9.88. The summed E-state index contributed by atoms with van der Waals surface area (Å²) in [7, 11) is -5.04. The summed E-state index contributed by atoms with van der Waals surface area (Å²) < 4.78 is 33.9. The highest BCUT2D eigenvalue weighted by Gasteiger charge is 2.54. The predicted octanol–water partition coefficient (Wildman–Crippen LogP) is -2.80. The van der Waals surface area contributed by atoms with Crippen LogP contribution in [0.1, 0.15) is 30.2 Å². The van der Waals surface area contributed by atoms with E-state index in [0.717, 1.165) is 36.2 Å². The van der Waals surface area contributed by atoms with Gasteiger partial charge in [-0.1, -0.05) is 5.16 Å². The molecule has 0 saturated carbocycles. The fourth-order valence-electron chi connectivity index (χ4n) is 2.84. The summed E-state index contributed by atoms with van der Waals surface area (Å²) in [6.45, 7) is 1.89. The largest absolute Gasteiger partial charge is 0.478 e. The van der Waals surface area contributed by atoms with E-state index in [9.17, 15) is 37.3 Å². The summed E-state index contributed by atoms with van der Waals surface area (Å²) in [4.78, 5) is 60.5. The lowest BCUT2D eigenvalue weighted by Gasteiger charge is -2.43. The standard InChI is InChI=1S/C16H19N9O9S2/c1-16(2,14(29)30)34-23-8(6-4-35-15(18)20-6)12(27)21-9-7(25(13(9)28)36(31,32)33)3-24-5-19-11(22-24)10(17)26/h4-5,7,9H,3H2,1-2H3,(H2,17,26)(H2,18,20)(H,21,27)(H,29,30)(H,31,32,33)/b23-8-/t7-,9?/m0/s1. The molecular weight excluding hydrogens is 526 g/mol. The average Bonchev–Trinajstić information content (AvgIpc) is 3.40. The maximum absolute atomic E-state index is 13.0. The maximum Gasteiger partial charge on any atom is 0.362 e. The van der Waals surface area contributed by atoms with Crippen molar-refractivity contribution >= 4 is 56.2 Å². The molecule has 3 amide bonds. The molecule has 1 unspecified atom stereocenters. The molecule has 3 heterocycles. The third-order valence-corrected chi connectivity index (χ3v) is 6.32. The number of carboxylic acids is 1. The number of nitrogen functional groups attached to an aromatic ring is 1. The van der Waals surface area contributed by atoms with Gasteiger partial charge in [0.05, 0.1) is 12.6 Å². The summed E-state index contributed by atoms with van der Waals surface area (Å²) in [5.74, 6) is -5.06. The molecule has 194 valence electrons. The summed E-state index contributed by atoms with van der Waals surface area (Å²) in [5.41, 5.74) is 8.13. The van der Waals surface area contributed by atoms with Crippen molar-refractivity contribution in [2.24, 2.45) is 10.9 Å². The predicted molar refractivity (Wildman–Crippen MR) is 119 cm³/mol. The van der Waals surface area contributed by atoms with Crippen molar-refractivity contribution in [3.8, 4) is 0 Å². The van der Waals surface area contributed by atoms with Crippen LogP contribution in [-0.2, 0) is 36.1 Å². The zero-order chi connectivity index (χ0) is 27.0. The van der Waals surface area contributed by atoms with Crippen LogP contribution in [0.25, 0.3) is 0 Å². The fraction of sp³-hybridized carbons (Fsp3) is 0.375. The van der Waals surface area contributed by atoms with E-state index < -0.39 is 69.8 Å². The molecule has 2 atom stereocenters. The maximum atomic E-state index is 13.0. The van der Waals surface area contributed by atoms with Crippen LogP contribution in [0.15, 0.2) is 16.9 Å². The van der Waals surface area contributed by atoms with Crippen molar-refractivity contribution in [1.82, 2.24) is 29.4 Å². The summed E-state index contributed by atoms with van der Waals surface area (Å²) >= 11 is 0.930. The van der Waals surface area contributed by atoms with Crippen molar-refractivity contribution in [1.29, 1.82) is 0 Å². The number of nitrogens with one attached hydrogen (secondary N) is 1. The van der Waals surface area contributed by atoms with Gasteiger partial charge in [-0.25, -0.2) is 23.7 Å². The first-order valence-electron chi connectivity index (χ1n) is 9.63. The Kier molecular flexibility index (Phi) is 6.95. The number of β-lactam (4-membered cyclic amide) rings is 1. The molecule has 0 radical (unpaired) electrons. The molecule has 0 aromatic carbocycles. The van der Waals surface area contributed by atoms with Crippen LogP contribution in [0.2, 0.25) is 0 Å². The Bertz CT molecular complexity index is 1360. The van der Waals surface area contributed by atoms with E-state index in [4.69, 9.17) is 16.3 Å². The lowest BCUT2D eigenvalue weighted by molar-refractivity contribution is -0.161. The van der Waals surface area contributed by atoms with E-state index in [1.165, 1.54) is 5.38 Å². The molecule has 0 aliphatic carbocycles. The normalized spacial score (nSPS) is 18.5. The van der Waals surface area contributed by atoms with E-state index in [-0.39, 0.29) is 15.1 Å². The van der Waals surface area contributed by atoms with Crippen molar-refractivity contribution in [3.63, 3.8) is 0 Å². The molecule has 1 fully saturated rings. The molecule has 0 spiro atoms. The lowest BCUT2D eigenvalue weighted by atomic mass is 9.98. The molecule has 18 nitrogen and oxygen atoms in total. The molecule has 1 aliphatic heterocycles. The first-order chi connectivity index (χ1) is 16.6. The molecule has 1 aliphatic rings. The number of carbonyl (C=O) groups excluding carboxylic acids is 3. The quantitative estimate of drug-likeness (QED) is 0.0874. The Morgan fingerprint density at radius 1 is 1.36 bits per heavy atom. The van der Waals surface area contributed by atoms with E-state index in [1.807, 2.05) is 0 Å². The van der Waals surface area contributed by atoms with Crippen molar-refractivity contribution < 1.29 is 42.1 Å². The minimum Gasteiger partial charge on any atom is -0.478 e. The summed E-state index contributed by atoms with van der Waals surface area (Å²) in [6.07, 6.45) is 1.02. The van der Waals surface area contributed by atoms with Gasteiger partial charge in [0.25, 0.3) is 17.7 Å². The van der Waals surface area contributed by atoms with Crippen molar-refractivity contribution in [2.45, 2.75) is 38.1 Å². The number of primary amides is 1. The first kappa shape index (κ1) is 26.4. The monoisotopic (exact) mass is 545 g/mol. The Morgan fingerprint density at radius 2 is 2.03 bits per heavy atom. The Balaban J connectivity index is 1.90. The Hall–Kier alpha value is -4.17. The van der Waals surface area contributed by atoms with Gasteiger partial charge in [0, 0.05) is 5.38 Å². The number of thiazole rings is 1. The molecule has 2 aromatic heterocycles. The number of oxime groups is 1. The van der Waals surface area contributed by atoms with Crippen LogP contribution < -0.4 is 16.8 Å². The van der Waals surface area contributed by atoms with E-state index >= 15 is 0 Å². The molecule has 0 bridgehead atoms. The second-order valence-electron chi connectivity index (χ2n) is 7.70. The Labute approximate surface area is 205 Å². The first-order valence-corrected chi connectivity index (χ1v) is 11.9. The van der Waals surface area contributed by atoms with E-state index in [2.05, 4.69) is 25.5 Å². The average molecular weight is 546 g/mol. The van der Waals surface area contributed by atoms with Crippen molar-refractivity contribution in [3.05, 3.63) is 23.2 Å².